The van der Waals surface area contributed by atoms with Crippen molar-refractivity contribution in [3.05, 3.63) is 29.0 Å². The van der Waals surface area contributed by atoms with Crippen LogP contribution in [0.1, 0.15) is 28.0 Å². The van der Waals surface area contributed by atoms with Gasteiger partial charge in [0.1, 0.15) is 5.75 Å². The molecule has 1 aromatic heterocycles. The highest BCUT2D eigenvalue weighted by Gasteiger charge is 2.24. The van der Waals surface area contributed by atoms with Crippen LogP contribution in [0.25, 0.3) is 10.9 Å². The van der Waals surface area contributed by atoms with Gasteiger partial charge in [-0.15, -0.1) is 0 Å². The van der Waals surface area contributed by atoms with Crippen molar-refractivity contribution >= 4 is 16.7 Å². The number of hydrogen-bond acceptors (Lipinski definition) is 2. The zero-order valence-corrected chi connectivity index (χ0v) is 9.39. The summed E-state index contributed by atoms with van der Waals surface area (Å²) in [7, 11) is 1.67. The molecule has 1 aliphatic carbocycles. The second kappa shape index (κ2) is 3.11. The number of aryl methyl sites for hydroxylation is 2. The van der Waals surface area contributed by atoms with E-state index in [0.717, 1.165) is 39.9 Å². The molecular weight excluding hydrogens is 202 g/mol. The van der Waals surface area contributed by atoms with Crippen LogP contribution in [0.4, 0.5) is 0 Å². The van der Waals surface area contributed by atoms with E-state index in [1.54, 1.807) is 7.11 Å². The molecule has 0 saturated carbocycles. The van der Waals surface area contributed by atoms with Crippen LogP contribution in [0.15, 0.2) is 12.1 Å². The predicted octanol–water partition coefficient (Wildman–Crippen LogP) is 2.61. The Kier molecular flexibility index (Phi) is 1.84. The number of benzene rings is 1. The van der Waals surface area contributed by atoms with Crippen molar-refractivity contribution in [1.29, 1.82) is 0 Å². The molecule has 0 bridgehead atoms. The Morgan fingerprint density at radius 3 is 2.88 bits per heavy atom. The van der Waals surface area contributed by atoms with E-state index >= 15 is 0 Å². The average Bonchev–Trinajstić information content (AvgIpc) is 2.78. The fourth-order valence-corrected chi connectivity index (χ4v) is 2.47. The van der Waals surface area contributed by atoms with Crippen molar-refractivity contribution in [1.82, 2.24) is 4.98 Å². The highest BCUT2D eigenvalue weighted by Crippen LogP contribution is 2.33. The number of aromatic nitrogens is 1. The summed E-state index contributed by atoms with van der Waals surface area (Å²) in [6.07, 6.45) is 1.48. The van der Waals surface area contributed by atoms with Gasteiger partial charge in [-0.2, -0.15) is 0 Å². The highest BCUT2D eigenvalue weighted by atomic mass is 16.5. The quantitative estimate of drug-likeness (QED) is 0.794. The highest BCUT2D eigenvalue weighted by molar-refractivity contribution is 6.05. The second-order valence-electron chi connectivity index (χ2n) is 4.27. The molecule has 1 aliphatic rings. The van der Waals surface area contributed by atoms with Gasteiger partial charge in [-0.25, -0.2) is 0 Å². The number of ketones is 1. The summed E-state index contributed by atoms with van der Waals surface area (Å²) in [5, 5.41) is 1.13. The molecule has 0 spiro atoms. The van der Waals surface area contributed by atoms with Gasteiger partial charge in [0.2, 0.25) is 0 Å². The number of carbonyl (C=O) groups is 1. The first-order valence-electron chi connectivity index (χ1n) is 5.43. The number of hydrogen-bond donors (Lipinski definition) is 1. The zero-order chi connectivity index (χ0) is 11.3. The number of fused-ring (bicyclic) bond motifs is 3. The van der Waals surface area contributed by atoms with Crippen molar-refractivity contribution in [2.75, 3.05) is 7.11 Å². The molecule has 3 rings (SSSR count). The van der Waals surface area contributed by atoms with E-state index in [2.05, 4.69) is 4.98 Å². The lowest BCUT2D eigenvalue weighted by Crippen LogP contribution is -1.91. The molecule has 0 unspecified atom stereocenters. The van der Waals surface area contributed by atoms with Gasteiger partial charge in [0.15, 0.2) is 5.78 Å². The molecule has 0 aliphatic heterocycles. The number of rotatable bonds is 1. The topological polar surface area (TPSA) is 42.1 Å². The fraction of sp³-hybridized carbons (Fsp3) is 0.308. The minimum atomic E-state index is 0.225. The lowest BCUT2D eigenvalue weighted by Gasteiger charge is -2.04. The maximum atomic E-state index is 11.6. The lowest BCUT2D eigenvalue weighted by molar-refractivity contribution is 0.0991. The van der Waals surface area contributed by atoms with Crippen molar-refractivity contribution < 1.29 is 9.53 Å². The molecule has 3 nitrogen and oxygen atoms in total. The van der Waals surface area contributed by atoms with E-state index in [1.165, 1.54) is 0 Å². The maximum absolute atomic E-state index is 11.6. The van der Waals surface area contributed by atoms with Gasteiger partial charge in [-0.1, -0.05) is 0 Å². The Morgan fingerprint density at radius 2 is 2.12 bits per heavy atom. The van der Waals surface area contributed by atoms with Crippen molar-refractivity contribution in [2.24, 2.45) is 0 Å². The molecule has 1 heterocycles. The molecular formula is C13H13NO2. The van der Waals surface area contributed by atoms with E-state index in [4.69, 9.17) is 4.74 Å². The van der Waals surface area contributed by atoms with E-state index in [-0.39, 0.29) is 5.78 Å². The summed E-state index contributed by atoms with van der Waals surface area (Å²) < 4.78 is 5.31. The van der Waals surface area contributed by atoms with Gasteiger partial charge < -0.3 is 9.72 Å². The first kappa shape index (κ1) is 9.46. The van der Waals surface area contributed by atoms with E-state index < -0.39 is 0 Å². The van der Waals surface area contributed by atoms with Crippen LogP contribution in [0, 0.1) is 6.92 Å². The number of Topliss-reactive ketones (excluding diaryl/α,β-unsaturated/α-hetero) is 1. The zero-order valence-electron chi connectivity index (χ0n) is 9.39. The minimum absolute atomic E-state index is 0.225. The normalized spacial score (nSPS) is 14.5. The van der Waals surface area contributed by atoms with Crippen LogP contribution in [0.5, 0.6) is 5.75 Å². The third kappa shape index (κ3) is 1.11. The molecule has 0 atom stereocenters. The molecule has 82 valence electrons. The summed E-state index contributed by atoms with van der Waals surface area (Å²) in [5.41, 5.74) is 4.07. The first-order chi connectivity index (χ1) is 7.70. The third-order valence-corrected chi connectivity index (χ3v) is 3.30. The van der Waals surface area contributed by atoms with Gasteiger partial charge in [-0.3, -0.25) is 4.79 Å². The number of H-pyrrole nitrogens is 1. The Bertz CT molecular complexity index is 595. The molecule has 0 amide bonds. The molecule has 1 aromatic carbocycles. The van der Waals surface area contributed by atoms with E-state index in [9.17, 15) is 4.79 Å². The monoisotopic (exact) mass is 215 g/mol. The number of methoxy groups -OCH3 is 1. The summed E-state index contributed by atoms with van der Waals surface area (Å²) in [6.45, 7) is 2.01. The predicted molar refractivity (Wildman–Crippen MR) is 62.2 cm³/mol. The second-order valence-corrected chi connectivity index (χ2v) is 4.27. The maximum Gasteiger partial charge on any atom is 0.179 e. The summed E-state index contributed by atoms with van der Waals surface area (Å²) in [4.78, 5) is 14.8. The van der Waals surface area contributed by atoms with Gasteiger partial charge in [-0.05, 0) is 36.6 Å². The van der Waals surface area contributed by atoms with Gasteiger partial charge in [0, 0.05) is 17.3 Å². The van der Waals surface area contributed by atoms with E-state index in [1.807, 2.05) is 19.1 Å². The molecule has 16 heavy (non-hydrogen) atoms. The van der Waals surface area contributed by atoms with Crippen LogP contribution in [-0.4, -0.2) is 17.9 Å². The van der Waals surface area contributed by atoms with E-state index in [0.29, 0.717) is 6.42 Å². The van der Waals surface area contributed by atoms with Gasteiger partial charge in [0.25, 0.3) is 0 Å². The minimum Gasteiger partial charge on any atom is -0.496 e. The van der Waals surface area contributed by atoms with Crippen LogP contribution in [0.3, 0.4) is 0 Å². The van der Waals surface area contributed by atoms with Gasteiger partial charge in [0.05, 0.1) is 12.8 Å². The number of aromatic amines is 1. The number of nitrogens with one attached hydrogen (secondary N) is 1. The van der Waals surface area contributed by atoms with Crippen molar-refractivity contribution in [2.45, 2.75) is 19.8 Å². The fourth-order valence-electron chi connectivity index (χ4n) is 2.47. The van der Waals surface area contributed by atoms with Crippen LogP contribution in [0.2, 0.25) is 0 Å². The largest absolute Gasteiger partial charge is 0.496 e. The van der Waals surface area contributed by atoms with Crippen LogP contribution in [-0.2, 0) is 6.42 Å². The van der Waals surface area contributed by atoms with Crippen molar-refractivity contribution in [3.8, 4) is 5.75 Å². The third-order valence-electron chi connectivity index (χ3n) is 3.30. The molecule has 0 saturated heterocycles. The summed E-state index contributed by atoms with van der Waals surface area (Å²) >= 11 is 0. The first-order valence-corrected chi connectivity index (χ1v) is 5.43. The lowest BCUT2D eigenvalue weighted by atomic mass is 10.1. The molecule has 2 aromatic rings. The SMILES string of the molecule is COc1cc2c3c([nH]c2cc1C)C(=O)CC3. The van der Waals surface area contributed by atoms with Crippen molar-refractivity contribution in [3.63, 3.8) is 0 Å². The smallest absolute Gasteiger partial charge is 0.179 e. The Hall–Kier alpha value is -1.77. The van der Waals surface area contributed by atoms with Gasteiger partial charge >= 0.3 is 0 Å². The average molecular weight is 215 g/mol. The Balaban J connectivity index is 2.34. The molecule has 0 fully saturated rings. The molecule has 3 heteroatoms. The van der Waals surface area contributed by atoms with Crippen LogP contribution >= 0.6 is 0 Å². The Morgan fingerprint density at radius 1 is 1.31 bits per heavy atom. The number of carbonyl (C=O) groups excluding carboxylic acids is 1. The summed E-state index contributed by atoms with van der Waals surface area (Å²) in [5.74, 6) is 1.11. The van der Waals surface area contributed by atoms with Crippen LogP contribution < -0.4 is 4.74 Å². The standard InChI is InChI=1S/C13H13NO2/c1-7-5-10-9(6-12(7)16-2)8-3-4-11(15)13(8)14-10/h5-6,14H,3-4H2,1-2H3. The number of ether oxygens (including phenoxy) is 1. The molecule has 0 radical (unpaired) electrons. The summed E-state index contributed by atoms with van der Waals surface area (Å²) in [6, 6.07) is 4.07. The molecule has 1 N–H and O–H groups in total. The Labute approximate surface area is 93.4 Å².